The molecule has 0 heterocycles. The smallest absolute Gasteiger partial charge is 0.137 e. The van der Waals surface area contributed by atoms with E-state index in [-0.39, 0.29) is 5.41 Å². The van der Waals surface area contributed by atoms with Crippen LogP contribution in [-0.4, -0.2) is 11.9 Å². The third-order valence-electron chi connectivity index (χ3n) is 3.99. The Bertz CT molecular complexity index is 444. The zero-order valence-electron chi connectivity index (χ0n) is 11.2. The standard InChI is InChI=1S/C16H20BrNO/c17-12-16(9-5-1-2-6-10-16)13-19-15-8-4-3-7-14(15)11-18/h3-4,7-8H,1-2,5-6,9-10,12-13H2. The lowest BCUT2D eigenvalue weighted by Crippen LogP contribution is -2.30. The van der Waals surface area contributed by atoms with Crippen molar-refractivity contribution in [1.29, 1.82) is 5.26 Å². The van der Waals surface area contributed by atoms with Gasteiger partial charge in [0.05, 0.1) is 12.2 Å². The number of hydrogen-bond acceptors (Lipinski definition) is 2. The lowest BCUT2D eigenvalue weighted by atomic mass is 9.83. The molecule has 1 aromatic rings. The Hall–Kier alpha value is -1.01. The van der Waals surface area contributed by atoms with Crippen LogP contribution in [0.25, 0.3) is 0 Å². The van der Waals surface area contributed by atoms with Crippen LogP contribution >= 0.6 is 15.9 Å². The molecular weight excluding hydrogens is 302 g/mol. The highest BCUT2D eigenvalue weighted by Crippen LogP contribution is 2.37. The molecule has 0 bridgehead atoms. The summed E-state index contributed by atoms with van der Waals surface area (Å²) in [7, 11) is 0. The first kappa shape index (κ1) is 14.4. The first-order chi connectivity index (χ1) is 9.29. The normalized spacial score (nSPS) is 18.3. The van der Waals surface area contributed by atoms with E-state index in [2.05, 4.69) is 22.0 Å². The summed E-state index contributed by atoms with van der Waals surface area (Å²) in [5.41, 5.74) is 0.861. The van der Waals surface area contributed by atoms with Crippen LogP contribution in [0, 0.1) is 16.7 Å². The molecule has 1 aliphatic carbocycles. The third-order valence-corrected chi connectivity index (χ3v) is 5.18. The Kier molecular flexibility index (Phi) is 5.27. The van der Waals surface area contributed by atoms with Crippen LogP contribution in [0.2, 0.25) is 0 Å². The fraction of sp³-hybridized carbons (Fsp3) is 0.562. The second-order valence-electron chi connectivity index (χ2n) is 5.44. The number of hydrogen-bond donors (Lipinski definition) is 0. The summed E-state index contributed by atoms with van der Waals surface area (Å²) in [6, 6.07) is 9.68. The molecule has 0 aliphatic heterocycles. The van der Waals surface area contributed by atoms with Gasteiger partial charge >= 0.3 is 0 Å². The molecule has 102 valence electrons. The van der Waals surface area contributed by atoms with Gasteiger partial charge in [-0.3, -0.25) is 0 Å². The summed E-state index contributed by atoms with van der Waals surface area (Å²) in [5, 5.41) is 10.1. The summed E-state index contributed by atoms with van der Waals surface area (Å²) < 4.78 is 5.96. The van der Waals surface area contributed by atoms with Crippen molar-refractivity contribution in [3.63, 3.8) is 0 Å². The predicted molar refractivity (Wildman–Crippen MR) is 80.6 cm³/mol. The van der Waals surface area contributed by atoms with Crippen molar-refractivity contribution >= 4 is 15.9 Å². The van der Waals surface area contributed by atoms with E-state index in [1.807, 2.05) is 24.3 Å². The summed E-state index contributed by atoms with van der Waals surface area (Å²) in [6.45, 7) is 0.705. The first-order valence-corrected chi connectivity index (χ1v) is 8.10. The minimum absolute atomic E-state index is 0.235. The number of para-hydroxylation sites is 1. The van der Waals surface area contributed by atoms with E-state index >= 15 is 0 Å². The molecule has 2 nitrogen and oxygen atoms in total. The van der Waals surface area contributed by atoms with Gasteiger partial charge in [-0.25, -0.2) is 0 Å². The van der Waals surface area contributed by atoms with Gasteiger partial charge in [-0.05, 0) is 25.0 Å². The zero-order chi connectivity index (χ0) is 13.6. The maximum atomic E-state index is 9.08. The summed E-state index contributed by atoms with van der Waals surface area (Å²) in [4.78, 5) is 0. The molecule has 0 unspecified atom stereocenters. The fourth-order valence-corrected chi connectivity index (χ4v) is 3.43. The van der Waals surface area contributed by atoms with Crippen LogP contribution in [0.15, 0.2) is 24.3 Å². The van der Waals surface area contributed by atoms with Gasteiger partial charge in [0.2, 0.25) is 0 Å². The fourth-order valence-electron chi connectivity index (χ4n) is 2.71. The molecular formula is C16H20BrNO. The lowest BCUT2D eigenvalue weighted by molar-refractivity contribution is 0.149. The van der Waals surface area contributed by atoms with Gasteiger partial charge in [0, 0.05) is 10.7 Å². The highest BCUT2D eigenvalue weighted by atomic mass is 79.9. The summed E-state index contributed by atoms with van der Waals surface area (Å²) in [6.07, 6.45) is 7.68. The number of halogens is 1. The van der Waals surface area contributed by atoms with Crippen molar-refractivity contribution in [1.82, 2.24) is 0 Å². The average Bonchev–Trinajstić information content (AvgIpc) is 2.71. The monoisotopic (exact) mass is 321 g/mol. The van der Waals surface area contributed by atoms with Gasteiger partial charge in [-0.1, -0.05) is 53.7 Å². The molecule has 0 N–H and O–H groups in total. The Morgan fingerprint density at radius 1 is 1.16 bits per heavy atom. The quantitative estimate of drug-likeness (QED) is 0.596. The summed E-state index contributed by atoms with van der Waals surface area (Å²) >= 11 is 3.67. The van der Waals surface area contributed by atoms with Crippen molar-refractivity contribution in [3.8, 4) is 11.8 Å². The maximum absolute atomic E-state index is 9.08. The predicted octanol–water partition coefficient (Wildman–Crippen LogP) is 4.67. The van der Waals surface area contributed by atoms with E-state index in [9.17, 15) is 0 Å². The van der Waals surface area contributed by atoms with Crippen LogP contribution in [0.5, 0.6) is 5.75 Å². The molecule has 1 saturated carbocycles. The van der Waals surface area contributed by atoms with E-state index in [1.165, 1.54) is 38.5 Å². The van der Waals surface area contributed by atoms with E-state index in [0.29, 0.717) is 12.2 Å². The molecule has 0 radical (unpaired) electrons. The minimum Gasteiger partial charge on any atom is -0.492 e. The van der Waals surface area contributed by atoms with Crippen molar-refractivity contribution in [2.75, 3.05) is 11.9 Å². The van der Waals surface area contributed by atoms with Crippen LogP contribution in [0.3, 0.4) is 0 Å². The Balaban J connectivity index is 2.05. The molecule has 0 saturated heterocycles. The van der Waals surface area contributed by atoms with E-state index < -0.39 is 0 Å². The Morgan fingerprint density at radius 2 is 1.84 bits per heavy atom. The zero-order valence-corrected chi connectivity index (χ0v) is 12.8. The molecule has 1 fully saturated rings. The molecule has 1 aromatic carbocycles. The van der Waals surface area contributed by atoms with Crippen molar-refractivity contribution in [3.05, 3.63) is 29.8 Å². The molecule has 0 amide bonds. The van der Waals surface area contributed by atoms with Crippen molar-refractivity contribution in [2.45, 2.75) is 38.5 Å². The number of nitriles is 1. The van der Waals surface area contributed by atoms with E-state index in [4.69, 9.17) is 10.00 Å². The van der Waals surface area contributed by atoms with Crippen molar-refractivity contribution < 1.29 is 4.74 Å². The second kappa shape index (κ2) is 6.96. The van der Waals surface area contributed by atoms with Crippen LogP contribution in [-0.2, 0) is 0 Å². The number of rotatable bonds is 4. The van der Waals surface area contributed by atoms with Gasteiger partial charge in [-0.15, -0.1) is 0 Å². The topological polar surface area (TPSA) is 33.0 Å². The first-order valence-electron chi connectivity index (χ1n) is 6.98. The number of nitrogens with zero attached hydrogens (tertiary/aromatic N) is 1. The molecule has 0 spiro atoms. The van der Waals surface area contributed by atoms with Crippen LogP contribution < -0.4 is 4.74 Å². The van der Waals surface area contributed by atoms with Gasteiger partial charge in [0.25, 0.3) is 0 Å². The molecule has 19 heavy (non-hydrogen) atoms. The van der Waals surface area contributed by atoms with E-state index in [1.54, 1.807) is 0 Å². The number of alkyl halides is 1. The molecule has 0 atom stereocenters. The van der Waals surface area contributed by atoms with Crippen molar-refractivity contribution in [2.24, 2.45) is 5.41 Å². The Labute approximate surface area is 123 Å². The molecule has 0 aromatic heterocycles. The van der Waals surface area contributed by atoms with Gasteiger partial charge < -0.3 is 4.74 Å². The summed E-state index contributed by atoms with van der Waals surface area (Å²) in [5.74, 6) is 0.717. The average molecular weight is 322 g/mol. The highest BCUT2D eigenvalue weighted by molar-refractivity contribution is 9.09. The molecule has 3 heteroatoms. The lowest BCUT2D eigenvalue weighted by Gasteiger charge is -2.30. The highest BCUT2D eigenvalue weighted by Gasteiger charge is 2.31. The minimum atomic E-state index is 0.235. The second-order valence-corrected chi connectivity index (χ2v) is 6.01. The van der Waals surface area contributed by atoms with Crippen LogP contribution in [0.4, 0.5) is 0 Å². The van der Waals surface area contributed by atoms with Gasteiger partial charge in [-0.2, -0.15) is 5.26 Å². The number of ether oxygens (including phenoxy) is 1. The number of benzene rings is 1. The third kappa shape index (κ3) is 3.73. The van der Waals surface area contributed by atoms with Gasteiger partial charge in [0.1, 0.15) is 11.8 Å². The van der Waals surface area contributed by atoms with Crippen LogP contribution in [0.1, 0.15) is 44.1 Å². The maximum Gasteiger partial charge on any atom is 0.137 e. The van der Waals surface area contributed by atoms with Gasteiger partial charge in [0.15, 0.2) is 0 Å². The Morgan fingerprint density at radius 3 is 2.47 bits per heavy atom. The van der Waals surface area contributed by atoms with E-state index in [0.717, 1.165) is 11.1 Å². The SMILES string of the molecule is N#Cc1ccccc1OCC1(CBr)CCCCCC1. The molecule has 2 rings (SSSR count). The largest absolute Gasteiger partial charge is 0.492 e. The molecule has 1 aliphatic rings.